The van der Waals surface area contributed by atoms with E-state index in [9.17, 15) is 22.8 Å². The number of ether oxygens (including phenoxy) is 2. The number of rotatable bonds is 8. The molecule has 39 heavy (non-hydrogen) atoms. The Morgan fingerprint density at radius 3 is 2.31 bits per heavy atom. The first-order valence-corrected chi connectivity index (χ1v) is 12.5. The molecule has 10 heteroatoms. The van der Waals surface area contributed by atoms with Crippen LogP contribution in [0.3, 0.4) is 0 Å². The van der Waals surface area contributed by atoms with Crippen LogP contribution in [0.25, 0.3) is 17.4 Å². The van der Waals surface area contributed by atoms with Crippen LogP contribution in [0.15, 0.2) is 59.0 Å². The van der Waals surface area contributed by atoms with Crippen LogP contribution in [0.5, 0.6) is 5.75 Å². The molecular formula is C29H29F3N2O5. The van der Waals surface area contributed by atoms with Crippen molar-refractivity contribution in [3.8, 4) is 17.1 Å². The lowest BCUT2D eigenvalue weighted by Gasteiger charge is -2.27. The summed E-state index contributed by atoms with van der Waals surface area (Å²) in [6, 6.07) is 11.7. The van der Waals surface area contributed by atoms with Gasteiger partial charge < -0.3 is 24.1 Å². The molecule has 0 aliphatic carbocycles. The molecule has 0 radical (unpaired) electrons. The molecule has 1 fully saturated rings. The summed E-state index contributed by atoms with van der Waals surface area (Å²) >= 11 is 0. The number of carbonyl (C=O) groups is 2. The third kappa shape index (κ3) is 6.69. The number of amides is 2. The maximum Gasteiger partial charge on any atom is 0.416 e. The predicted molar refractivity (Wildman–Crippen MR) is 139 cm³/mol. The normalized spacial score (nSPS) is 14.0. The highest BCUT2D eigenvalue weighted by atomic mass is 19.4. The lowest BCUT2D eigenvalue weighted by atomic mass is 9.99. The number of nitrogens with one attached hydrogen (secondary N) is 1. The zero-order valence-corrected chi connectivity index (χ0v) is 21.6. The van der Waals surface area contributed by atoms with Gasteiger partial charge in [0, 0.05) is 36.8 Å². The van der Waals surface area contributed by atoms with Gasteiger partial charge in [-0.2, -0.15) is 13.2 Å². The second-order valence-corrected chi connectivity index (χ2v) is 8.88. The predicted octanol–water partition coefficient (Wildman–Crippen LogP) is 5.34. The van der Waals surface area contributed by atoms with Gasteiger partial charge in [0.1, 0.15) is 17.3 Å². The highest BCUT2D eigenvalue weighted by Gasteiger charge is 2.32. The van der Waals surface area contributed by atoms with Crippen molar-refractivity contribution < 1.29 is 36.7 Å². The van der Waals surface area contributed by atoms with Gasteiger partial charge in [-0.3, -0.25) is 9.59 Å². The van der Waals surface area contributed by atoms with Gasteiger partial charge in [-0.1, -0.05) is 31.2 Å². The summed E-state index contributed by atoms with van der Waals surface area (Å²) in [5, 5.41) is 2.79. The topological polar surface area (TPSA) is 81.0 Å². The Hall–Kier alpha value is -4.05. The Morgan fingerprint density at radius 2 is 1.72 bits per heavy atom. The van der Waals surface area contributed by atoms with Crippen molar-refractivity contribution in [2.75, 3.05) is 33.4 Å². The first-order chi connectivity index (χ1) is 18.7. The molecule has 206 valence electrons. The molecule has 0 bridgehead atoms. The quantitative estimate of drug-likeness (QED) is 0.389. The Morgan fingerprint density at radius 1 is 1.05 bits per heavy atom. The minimum absolute atomic E-state index is 0.162. The Balaban J connectivity index is 1.62. The van der Waals surface area contributed by atoms with Crippen LogP contribution in [-0.4, -0.2) is 50.1 Å². The summed E-state index contributed by atoms with van der Waals surface area (Å²) in [5.41, 5.74) is 1.26. The minimum atomic E-state index is -4.49. The van der Waals surface area contributed by atoms with Crippen molar-refractivity contribution in [3.63, 3.8) is 0 Å². The second kappa shape index (κ2) is 12.2. The van der Waals surface area contributed by atoms with E-state index in [0.717, 1.165) is 17.7 Å². The van der Waals surface area contributed by atoms with Crippen LogP contribution in [0.4, 0.5) is 13.2 Å². The van der Waals surface area contributed by atoms with Gasteiger partial charge in [0.2, 0.25) is 5.91 Å². The zero-order valence-electron chi connectivity index (χ0n) is 21.6. The number of halogens is 3. The molecule has 0 saturated carbocycles. The van der Waals surface area contributed by atoms with Crippen molar-refractivity contribution in [2.24, 2.45) is 0 Å². The molecule has 1 aliphatic heterocycles. The van der Waals surface area contributed by atoms with Crippen LogP contribution in [0.2, 0.25) is 0 Å². The van der Waals surface area contributed by atoms with Crippen molar-refractivity contribution in [1.82, 2.24) is 10.2 Å². The molecule has 2 amide bonds. The zero-order chi connectivity index (χ0) is 28.0. The largest absolute Gasteiger partial charge is 0.497 e. The fraction of sp³-hybridized carbons (Fsp3) is 0.310. The lowest BCUT2D eigenvalue weighted by Crippen LogP contribution is -2.41. The van der Waals surface area contributed by atoms with E-state index in [1.165, 1.54) is 24.3 Å². The molecule has 1 aliphatic rings. The van der Waals surface area contributed by atoms with Gasteiger partial charge in [0.15, 0.2) is 0 Å². The minimum Gasteiger partial charge on any atom is -0.497 e. The third-order valence-corrected chi connectivity index (χ3v) is 6.39. The van der Waals surface area contributed by atoms with Gasteiger partial charge in [-0.15, -0.1) is 0 Å². The molecule has 1 saturated heterocycles. The Labute approximate surface area is 224 Å². The van der Waals surface area contributed by atoms with Crippen LogP contribution in [0.1, 0.15) is 39.7 Å². The van der Waals surface area contributed by atoms with Gasteiger partial charge in [-0.25, -0.2) is 0 Å². The lowest BCUT2D eigenvalue weighted by molar-refractivity contribution is -0.137. The molecule has 1 N–H and O–H groups in total. The van der Waals surface area contributed by atoms with E-state index in [-0.39, 0.29) is 23.1 Å². The molecule has 0 unspecified atom stereocenters. The molecule has 4 rings (SSSR count). The number of nitrogens with zero attached hydrogens (tertiary/aromatic N) is 1. The molecule has 7 nitrogen and oxygen atoms in total. The SMILES string of the molecule is CCc1c(/C=C/C(=O)NCc2ccc(OC)cc2)oc(-c2ccc(C(F)(F)F)cc2)c1C(=O)N1CCOCC1. The van der Waals surface area contributed by atoms with E-state index in [2.05, 4.69) is 5.32 Å². The Kier molecular flexibility index (Phi) is 8.75. The first-order valence-electron chi connectivity index (χ1n) is 12.5. The second-order valence-electron chi connectivity index (χ2n) is 8.88. The highest BCUT2D eigenvalue weighted by Crippen LogP contribution is 2.36. The fourth-order valence-electron chi connectivity index (χ4n) is 4.28. The number of methoxy groups -OCH3 is 1. The highest BCUT2D eigenvalue weighted by molar-refractivity contribution is 6.02. The van der Waals surface area contributed by atoms with Crippen LogP contribution >= 0.6 is 0 Å². The van der Waals surface area contributed by atoms with E-state index >= 15 is 0 Å². The van der Waals surface area contributed by atoms with Gasteiger partial charge in [-0.05, 0) is 42.3 Å². The summed E-state index contributed by atoms with van der Waals surface area (Å²) in [5.74, 6) is 0.499. The number of hydrogen-bond donors (Lipinski definition) is 1. The molecule has 0 spiro atoms. The van der Waals surface area contributed by atoms with E-state index in [1.807, 2.05) is 19.1 Å². The molecule has 3 aromatic rings. The van der Waals surface area contributed by atoms with Gasteiger partial charge in [0.05, 0.1) is 31.5 Å². The Bertz CT molecular complexity index is 1320. The summed E-state index contributed by atoms with van der Waals surface area (Å²) < 4.78 is 55.9. The summed E-state index contributed by atoms with van der Waals surface area (Å²) in [4.78, 5) is 27.7. The van der Waals surface area contributed by atoms with Crippen LogP contribution in [-0.2, 0) is 28.7 Å². The number of carbonyl (C=O) groups excluding carboxylic acids is 2. The monoisotopic (exact) mass is 542 g/mol. The first kappa shape index (κ1) is 28.0. The van der Waals surface area contributed by atoms with Crippen molar-refractivity contribution >= 4 is 17.9 Å². The molecule has 2 heterocycles. The molecule has 1 aromatic heterocycles. The standard InChI is InChI=1S/C29H29F3N2O5/c1-3-23-24(12-13-25(35)33-18-19-4-10-22(37-2)11-5-19)39-27(20-6-8-21(9-7-20)29(30,31)32)26(23)28(36)34-14-16-38-17-15-34/h4-13H,3,14-18H2,1-2H3,(H,33,35)/b13-12+. The number of furan rings is 1. The summed E-state index contributed by atoms with van der Waals surface area (Å²) in [7, 11) is 1.57. The van der Waals surface area contributed by atoms with E-state index in [0.29, 0.717) is 61.9 Å². The maximum absolute atomic E-state index is 13.6. The van der Waals surface area contributed by atoms with Crippen molar-refractivity contribution in [1.29, 1.82) is 0 Å². The van der Waals surface area contributed by atoms with E-state index < -0.39 is 11.7 Å². The third-order valence-electron chi connectivity index (χ3n) is 6.39. The van der Waals surface area contributed by atoms with Gasteiger partial charge >= 0.3 is 6.18 Å². The summed E-state index contributed by atoms with van der Waals surface area (Å²) in [6.07, 6.45) is -1.30. The van der Waals surface area contributed by atoms with Crippen LogP contribution in [0, 0.1) is 0 Å². The van der Waals surface area contributed by atoms with Crippen molar-refractivity contribution in [2.45, 2.75) is 26.1 Å². The number of morpholine rings is 1. The number of benzene rings is 2. The summed E-state index contributed by atoms with van der Waals surface area (Å²) in [6.45, 7) is 3.70. The molecule has 0 atom stereocenters. The van der Waals surface area contributed by atoms with E-state index in [1.54, 1.807) is 24.1 Å². The smallest absolute Gasteiger partial charge is 0.416 e. The number of hydrogen-bond acceptors (Lipinski definition) is 5. The average Bonchev–Trinajstić information content (AvgIpc) is 3.33. The van der Waals surface area contributed by atoms with E-state index in [4.69, 9.17) is 13.9 Å². The van der Waals surface area contributed by atoms with Crippen molar-refractivity contribution in [3.05, 3.63) is 82.6 Å². The maximum atomic E-state index is 13.6. The van der Waals surface area contributed by atoms with Gasteiger partial charge in [0.25, 0.3) is 5.91 Å². The molecule has 2 aromatic carbocycles. The average molecular weight is 543 g/mol. The van der Waals surface area contributed by atoms with Crippen LogP contribution < -0.4 is 10.1 Å². The fourth-order valence-corrected chi connectivity index (χ4v) is 4.28. The number of alkyl halides is 3. The molecular weight excluding hydrogens is 513 g/mol.